The number of hydrogen-bond donors (Lipinski definition) is 2. The highest BCUT2D eigenvalue weighted by molar-refractivity contribution is 6.32. The number of likely N-dealkylation sites (N-methyl/N-ethyl adjacent to an activating group) is 1. The zero-order valence-corrected chi connectivity index (χ0v) is 17.0. The van der Waals surface area contributed by atoms with Crippen LogP contribution in [-0.4, -0.2) is 38.1 Å². The molecule has 2 aromatic rings. The third-order valence-corrected chi connectivity index (χ3v) is 3.73. The van der Waals surface area contributed by atoms with E-state index in [1.54, 1.807) is 18.2 Å². The number of anilines is 1. The molecule has 3 N–H and O–H groups in total. The van der Waals surface area contributed by atoms with Gasteiger partial charge in [0.15, 0.2) is 0 Å². The van der Waals surface area contributed by atoms with Gasteiger partial charge in [-0.2, -0.15) is 0 Å². The summed E-state index contributed by atoms with van der Waals surface area (Å²) in [6.45, 7) is 1.33. The Balaban J connectivity index is 0.00000312. The summed E-state index contributed by atoms with van der Waals surface area (Å²) in [5.74, 6) is 0.294. The average Bonchev–Trinajstić information content (AvgIpc) is 2.56. The predicted octanol–water partition coefficient (Wildman–Crippen LogP) is 3.76. The Bertz CT molecular complexity index is 685. The molecule has 0 heterocycles. The smallest absolute Gasteiger partial charge is 0.245 e. The Morgan fingerprint density at radius 1 is 1.19 bits per heavy atom. The minimum Gasteiger partial charge on any atom is -0.491 e. The molecule has 26 heavy (non-hydrogen) atoms. The van der Waals surface area contributed by atoms with E-state index in [-0.39, 0.29) is 30.7 Å². The number of hydrogen-bond acceptors (Lipinski definition) is 4. The van der Waals surface area contributed by atoms with Gasteiger partial charge in [-0.1, -0.05) is 41.9 Å². The van der Waals surface area contributed by atoms with Gasteiger partial charge in [-0.3, -0.25) is 4.79 Å². The topological polar surface area (TPSA) is 67.6 Å². The Morgan fingerprint density at radius 3 is 2.42 bits per heavy atom. The molecule has 0 aliphatic rings. The summed E-state index contributed by atoms with van der Waals surface area (Å²) in [5.41, 5.74) is 7.31. The molecular weight excluding hydrogens is 397 g/mol. The molecule has 144 valence electrons. The standard InChI is InChI=1S/C18H22ClN3O2.2ClH/c1-22(2)10-11-24-16-9-8-14(12-15(16)19)21-18(23)17(20)13-6-4-3-5-7-13;;/h3-9,12,17H,10-11,20H2,1-2H3,(H,21,23);2*1H. The number of ether oxygens (including phenoxy) is 1. The van der Waals surface area contributed by atoms with Crippen LogP contribution in [0.1, 0.15) is 11.6 Å². The zero-order chi connectivity index (χ0) is 17.5. The van der Waals surface area contributed by atoms with Crippen molar-refractivity contribution in [3.05, 3.63) is 59.1 Å². The molecule has 0 saturated heterocycles. The highest BCUT2D eigenvalue weighted by atomic mass is 35.5. The molecule has 5 nitrogen and oxygen atoms in total. The van der Waals surface area contributed by atoms with Crippen LogP contribution in [0.5, 0.6) is 5.75 Å². The van der Waals surface area contributed by atoms with Crippen LogP contribution in [0.15, 0.2) is 48.5 Å². The van der Waals surface area contributed by atoms with E-state index in [9.17, 15) is 4.79 Å². The van der Waals surface area contributed by atoms with Crippen LogP contribution in [0, 0.1) is 0 Å². The number of benzene rings is 2. The molecule has 0 bridgehead atoms. The van der Waals surface area contributed by atoms with Crippen LogP contribution >= 0.6 is 36.4 Å². The molecule has 0 fully saturated rings. The highest BCUT2D eigenvalue weighted by Crippen LogP contribution is 2.28. The van der Waals surface area contributed by atoms with Crippen LogP contribution < -0.4 is 15.8 Å². The van der Waals surface area contributed by atoms with Gasteiger partial charge in [0, 0.05) is 12.2 Å². The molecule has 0 radical (unpaired) electrons. The number of nitrogens with two attached hydrogens (primary N) is 1. The molecule has 2 rings (SSSR count). The van der Waals surface area contributed by atoms with E-state index in [0.29, 0.717) is 23.1 Å². The van der Waals surface area contributed by atoms with Crippen molar-refractivity contribution in [2.24, 2.45) is 5.73 Å². The fraction of sp³-hybridized carbons (Fsp3) is 0.278. The number of carbonyl (C=O) groups excluding carboxylic acids is 1. The van der Waals surface area contributed by atoms with Crippen LogP contribution in [-0.2, 0) is 4.79 Å². The Hall–Kier alpha value is -1.50. The van der Waals surface area contributed by atoms with Gasteiger partial charge in [0.2, 0.25) is 5.91 Å². The maximum Gasteiger partial charge on any atom is 0.245 e. The second kappa shape index (κ2) is 12.0. The summed E-state index contributed by atoms with van der Waals surface area (Å²) in [5, 5.41) is 3.21. The SMILES string of the molecule is CN(C)CCOc1ccc(NC(=O)C(N)c2ccccc2)cc1Cl.Cl.Cl. The van der Waals surface area contributed by atoms with Gasteiger partial charge in [-0.05, 0) is 37.9 Å². The highest BCUT2D eigenvalue weighted by Gasteiger charge is 2.16. The van der Waals surface area contributed by atoms with Crippen molar-refractivity contribution < 1.29 is 9.53 Å². The Morgan fingerprint density at radius 2 is 1.85 bits per heavy atom. The summed E-state index contributed by atoms with van der Waals surface area (Å²) in [6, 6.07) is 13.6. The lowest BCUT2D eigenvalue weighted by molar-refractivity contribution is -0.117. The summed E-state index contributed by atoms with van der Waals surface area (Å²) >= 11 is 6.20. The molecule has 0 saturated carbocycles. The summed E-state index contributed by atoms with van der Waals surface area (Å²) in [6.07, 6.45) is 0. The fourth-order valence-corrected chi connectivity index (χ4v) is 2.30. The van der Waals surface area contributed by atoms with E-state index in [1.165, 1.54) is 0 Å². The van der Waals surface area contributed by atoms with Crippen molar-refractivity contribution in [2.75, 3.05) is 32.6 Å². The van der Waals surface area contributed by atoms with Gasteiger partial charge >= 0.3 is 0 Å². The van der Waals surface area contributed by atoms with Gasteiger partial charge in [0.25, 0.3) is 0 Å². The van der Waals surface area contributed by atoms with Gasteiger partial charge < -0.3 is 20.7 Å². The van der Waals surface area contributed by atoms with Crippen LogP contribution in [0.25, 0.3) is 0 Å². The van der Waals surface area contributed by atoms with Gasteiger partial charge in [-0.25, -0.2) is 0 Å². The van der Waals surface area contributed by atoms with Crippen molar-refractivity contribution in [3.8, 4) is 5.75 Å². The molecule has 8 heteroatoms. The van der Waals surface area contributed by atoms with Crippen LogP contribution in [0.4, 0.5) is 5.69 Å². The lowest BCUT2D eigenvalue weighted by atomic mass is 10.1. The van der Waals surface area contributed by atoms with Crippen molar-refractivity contribution >= 4 is 48.0 Å². The Labute approximate surface area is 171 Å². The number of rotatable bonds is 7. The maximum atomic E-state index is 12.2. The number of carbonyl (C=O) groups is 1. The van der Waals surface area contributed by atoms with Crippen molar-refractivity contribution in [1.82, 2.24) is 4.90 Å². The first-order chi connectivity index (χ1) is 11.5. The summed E-state index contributed by atoms with van der Waals surface area (Å²) in [4.78, 5) is 14.3. The molecule has 0 aliphatic carbocycles. The molecule has 0 aromatic heterocycles. The minimum absolute atomic E-state index is 0. The first kappa shape index (κ1) is 24.5. The molecule has 0 spiro atoms. The van der Waals surface area contributed by atoms with Crippen molar-refractivity contribution in [1.29, 1.82) is 0 Å². The van der Waals surface area contributed by atoms with Crippen molar-refractivity contribution in [3.63, 3.8) is 0 Å². The van der Waals surface area contributed by atoms with E-state index in [0.717, 1.165) is 12.1 Å². The molecule has 2 aromatic carbocycles. The predicted molar refractivity (Wildman–Crippen MR) is 112 cm³/mol. The van der Waals surface area contributed by atoms with Crippen LogP contribution in [0.2, 0.25) is 5.02 Å². The zero-order valence-electron chi connectivity index (χ0n) is 14.6. The van der Waals surface area contributed by atoms with Gasteiger partial charge in [0.05, 0.1) is 5.02 Å². The molecular formula is C18H24Cl3N3O2. The van der Waals surface area contributed by atoms with E-state index >= 15 is 0 Å². The van der Waals surface area contributed by atoms with Gasteiger partial charge in [0.1, 0.15) is 18.4 Å². The number of amides is 1. The van der Waals surface area contributed by atoms with Crippen molar-refractivity contribution in [2.45, 2.75) is 6.04 Å². The maximum absolute atomic E-state index is 12.2. The third-order valence-electron chi connectivity index (χ3n) is 3.44. The molecule has 1 atom stereocenters. The quantitative estimate of drug-likeness (QED) is 0.715. The first-order valence-electron chi connectivity index (χ1n) is 7.66. The molecule has 1 amide bonds. The average molecular weight is 421 g/mol. The second-order valence-corrected chi connectivity index (χ2v) is 6.08. The molecule has 1 unspecified atom stereocenters. The van der Waals surface area contributed by atoms with E-state index in [2.05, 4.69) is 5.32 Å². The number of nitrogens with zero attached hydrogens (tertiary/aromatic N) is 1. The van der Waals surface area contributed by atoms with E-state index in [1.807, 2.05) is 49.3 Å². The minimum atomic E-state index is -0.735. The monoisotopic (exact) mass is 419 g/mol. The number of halogens is 3. The lowest BCUT2D eigenvalue weighted by Gasteiger charge is -2.15. The fourth-order valence-electron chi connectivity index (χ4n) is 2.07. The third kappa shape index (κ3) is 7.40. The first-order valence-corrected chi connectivity index (χ1v) is 8.03. The normalized spacial score (nSPS) is 11.1. The summed E-state index contributed by atoms with van der Waals surface area (Å²) in [7, 11) is 3.94. The Kier molecular flexibility index (Phi) is 11.3. The second-order valence-electron chi connectivity index (χ2n) is 5.67. The van der Waals surface area contributed by atoms with E-state index < -0.39 is 6.04 Å². The van der Waals surface area contributed by atoms with Crippen LogP contribution in [0.3, 0.4) is 0 Å². The summed E-state index contributed by atoms with van der Waals surface area (Å²) < 4.78 is 5.61. The van der Waals surface area contributed by atoms with Gasteiger partial charge in [-0.15, -0.1) is 24.8 Å². The van der Waals surface area contributed by atoms with E-state index in [4.69, 9.17) is 22.1 Å². The largest absolute Gasteiger partial charge is 0.491 e. The molecule has 0 aliphatic heterocycles. The lowest BCUT2D eigenvalue weighted by Crippen LogP contribution is -2.27. The number of nitrogens with one attached hydrogen (secondary N) is 1.